The number of para-hydroxylation sites is 1. The predicted molar refractivity (Wildman–Crippen MR) is 113 cm³/mol. The van der Waals surface area contributed by atoms with E-state index >= 15 is 0 Å². The number of nitrogens with two attached hydrogens (primary N) is 1. The van der Waals surface area contributed by atoms with Gasteiger partial charge in [0.15, 0.2) is 0 Å². The lowest BCUT2D eigenvalue weighted by atomic mass is 10.0. The predicted octanol–water partition coefficient (Wildman–Crippen LogP) is 4.42. The molecule has 0 radical (unpaired) electrons. The Morgan fingerprint density at radius 2 is 1.66 bits per heavy atom. The number of amides is 3. The topological polar surface area (TPSA) is 93.5 Å². The number of ether oxygens (including phenoxy) is 1. The summed E-state index contributed by atoms with van der Waals surface area (Å²) >= 11 is 0. The summed E-state index contributed by atoms with van der Waals surface area (Å²) in [6.07, 6.45) is 6.91. The summed E-state index contributed by atoms with van der Waals surface area (Å²) in [6, 6.07) is 15.8. The second kappa shape index (κ2) is 10.5. The monoisotopic (exact) mass is 395 g/mol. The quantitative estimate of drug-likeness (QED) is 0.606. The molecule has 1 saturated carbocycles. The lowest BCUT2D eigenvalue weighted by molar-refractivity contribution is -0.122. The molecule has 1 fully saturated rings. The molecule has 3 rings (SSSR count). The summed E-state index contributed by atoms with van der Waals surface area (Å²) in [7, 11) is 0. The maximum Gasteiger partial charge on any atom is 0.312 e. The number of primary amides is 1. The van der Waals surface area contributed by atoms with Gasteiger partial charge in [-0.2, -0.15) is 0 Å². The molecule has 0 heterocycles. The van der Waals surface area contributed by atoms with Crippen LogP contribution in [-0.2, 0) is 4.79 Å². The molecule has 0 bridgehead atoms. The van der Waals surface area contributed by atoms with E-state index in [9.17, 15) is 9.59 Å². The Kier molecular flexibility index (Phi) is 7.50. The Labute approximate surface area is 171 Å². The van der Waals surface area contributed by atoms with Crippen LogP contribution < -0.4 is 21.1 Å². The number of carbonyl (C=O) groups is 2. The summed E-state index contributed by atoms with van der Waals surface area (Å²) in [4.78, 5) is 24.2. The molecule has 0 aromatic heterocycles. The molecule has 2 aromatic carbocycles. The van der Waals surface area contributed by atoms with Crippen LogP contribution >= 0.6 is 0 Å². The second-order valence-electron chi connectivity index (χ2n) is 7.51. The van der Waals surface area contributed by atoms with Crippen molar-refractivity contribution in [2.75, 3.05) is 0 Å². The van der Waals surface area contributed by atoms with E-state index in [2.05, 4.69) is 10.6 Å². The van der Waals surface area contributed by atoms with Crippen LogP contribution in [0.3, 0.4) is 0 Å². The van der Waals surface area contributed by atoms with Crippen LogP contribution in [0.1, 0.15) is 56.6 Å². The van der Waals surface area contributed by atoms with Gasteiger partial charge in [-0.15, -0.1) is 0 Å². The molecule has 0 unspecified atom stereocenters. The van der Waals surface area contributed by atoms with Crippen LogP contribution in [0.4, 0.5) is 4.79 Å². The van der Waals surface area contributed by atoms with E-state index in [1.54, 1.807) is 0 Å². The summed E-state index contributed by atoms with van der Waals surface area (Å²) in [5.74, 6) is 1.27. The fourth-order valence-corrected chi connectivity index (χ4v) is 3.74. The minimum atomic E-state index is -0.661. The average Bonchev–Trinajstić information content (AvgIpc) is 2.97. The summed E-state index contributed by atoms with van der Waals surface area (Å²) in [6.45, 7) is 0. The molecule has 0 saturated heterocycles. The molecule has 0 aliphatic heterocycles. The van der Waals surface area contributed by atoms with Crippen molar-refractivity contribution in [1.29, 1.82) is 0 Å². The maximum atomic E-state index is 12.6. The average molecular weight is 396 g/mol. The third kappa shape index (κ3) is 6.82. The molecule has 2 aromatic rings. The van der Waals surface area contributed by atoms with Crippen molar-refractivity contribution < 1.29 is 14.3 Å². The molecular formula is C23H29N3O3. The van der Waals surface area contributed by atoms with Crippen molar-refractivity contribution >= 4 is 11.9 Å². The SMILES string of the molecule is NC(=O)N[C@H](CC(=O)NC1CCCCCC1)c1cccc(Oc2ccccc2)c1. The lowest BCUT2D eigenvalue weighted by Gasteiger charge is -2.21. The number of hydrogen-bond donors (Lipinski definition) is 3. The maximum absolute atomic E-state index is 12.6. The molecular weight excluding hydrogens is 366 g/mol. The van der Waals surface area contributed by atoms with Crippen LogP contribution in [0.15, 0.2) is 54.6 Å². The van der Waals surface area contributed by atoms with Crippen molar-refractivity contribution in [3.8, 4) is 11.5 Å². The van der Waals surface area contributed by atoms with Gasteiger partial charge >= 0.3 is 6.03 Å². The Morgan fingerprint density at radius 3 is 2.34 bits per heavy atom. The summed E-state index contributed by atoms with van der Waals surface area (Å²) < 4.78 is 5.87. The van der Waals surface area contributed by atoms with Gasteiger partial charge in [0, 0.05) is 6.04 Å². The van der Waals surface area contributed by atoms with Crippen molar-refractivity contribution in [2.45, 2.75) is 57.0 Å². The van der Waals surface area contributed by atoms with Crippen LogP contribution in [0.2, 0.25) is 0 Å². The van der Waals surface area contributed by atoms with E-state index in [-0.39, 0.29) is 18.4 Å². The highest BCUT2D eigenvalue weighted by molar-refractivity contribution is 5.79. The van der Waals surface area contributed by atoms with Gasteiger partial charge < -0.3 is 21.1 Å². The highest BCUT2D eigenvalue weighted by atomic mass is 16.5. The van der Waals surface area contributed by atoms with Crippen LogP contribution in [0.25, 0.3) is 0 Å². The third-order valence-corrected chi connectivity index (χ3v) is 5.17. The highest BCUT2D eigenvalue weighted by Gasteiger charge is 2.21. The second-order valence-corrected chi connectivity index (χ2v) is 7.51. The first kappa shape index (κ1) is 20.7. The van der Waals surface area contributed by atoms with Crippen molar-refractivity contribution in [3.63, 3.8) is 0 Å². The first-order chi connectivity index (χ1) is 14.1. The number of rotatable bonds is 7. The van der Waals surface area contributed by atoms with Gasteiger partial charge in [0.1, 0.15) is 11.5 Å². The van der Waals surface area contributed by atoms with Gasteiger partial charge in [-0.1, -0.05) is 56.0 Å². The normalized spacial score (nSPS) is 15.7. The van der Waals surface area contributed by atoms with Gasteiger partial charge in [0.25, 0.3) is 0 Å². The van der Waals surface area contributed by atoms with Crippen molar-refractivity contribution in [1.82, 2.24) is 10.6 Å². The van der Waals surface area contributed by atoms with Crippen molar-refractivity contribution in [3.05, 3.63) is 60.2 Å². The Balaban J connectivity index is 1.68. The first-order valence-corrected chi connectivity index (χ1v) is 10.3. The minimum Gasteiger partial charge on any atom is -0.457 e. The Bertz CT molecular complexity index is 802. The highest BCUT2D eigenvalue weighted by Crippen LogP contribution is 2.26. The summed E-state index contributed by atoms with van der Waals surface area (Å²) in [5, 5.41) is 5.81. The third-order valence-electron chi connectivity index (χ3n) is 5.17. The molecule has 6 nitrogen and oxygen atoms in total. The van der Waals surface area contributed by atoms with E-state index in [1.165, 1.54) is 12.8 Å². The summed E-state index contributed by atoms with van der Waals surface area (Å²) in [5.41, 5.74) is 6.13. The van der Waals surface area contributed by atoms with E-state index in [4.69, 9.17) is 10.5 Å². The first-order valence-electron chi connectivity index (χ1n) is 10.3. The molecule has 1 aliphatic rings. The number of urea groups is 1. The van der Waals surface area contributed by atoms with E-state index < -0.39 is 12.1 Å². The molecule has 1 atom stereocenters. The zero-order chi connectivity index (χ0) is 20.5. The van der Waals surface area contributed by atoms with Crippen LogP contribution in [-0.4, -0.2) is 18.0 Å². The van der Waals surface area contributed by atoms with Gasteiger partial charge in [0.2, 0.25) is 5.91 Å². The molecule has 6 heteroatoms. The fourth-order valence-electron chi connectivity index (χ4n) is 3.74. The van der Waals surface area contributed by atoms with Crippen LogP contribution in [0.5, 0.6) is 11.5 Å². The van der Waals surface area contributed by atoms with Gasteiger partial charge in [0.05, 0.1) is 12.5 Å². The molecule has 3 amide bonds. The Morgan fingerprint density at radius 1 is 0.966 bits per heavy atom. The van der Waals surface area contributed by atoms with E-state index in [0.717, 1.165) is 37.0 Å². The fraction of sp³-hybridized carbons (Fsp3) is 0.391. The van der Waals surface area contributed by atoms with Crippen LogP contribution in [0, 0.1) is 0 Å². The largest absolute Gasteiger partial charge is 0.457 e. The number of carbonyl (C=O) groups excluding carboxylic acids is 2. The molecule has 1 aliphatic carbocycles. The zero-order valence-corrected chi connectivity index (χ0v) is 16.6. The van der Waals surface area contributed by atoms with E-state index in [1.807, 2.05) is 54.6 Å². The molecule has 154 valence electrons. The van der Waals surface area contributed by atoms with Crippen molar-refractivity contribution in [2.24, 2.45) is 5.73 Å². The molecule has 0 spiro atoms. The number of hydrogen-bond acceptors (Lipinski definition) is 3. The minimum absolute atomic E-state index is 0.0787. The van der Waals surface area contributed by atoms with Gasteiger partial charge in [-0.3, -0.25) is 4.79 Å². The number of nitrogens with one attached hydrogen (secondary N) is 2. The molecule has 4 N–H and O–H groups in total. The smallest absolute Gasteiger partial charge is 0.312 e. The standard InChI is InChI=1S/C23H29N3O3/c24-23(28)26-21(16-22(27)25-18-10-4-1-2-5-11-18)17-9-8-14-20(15-17)29-19-12-6-3-7-13-19/h3,6-9,12-15,18,21H,1-2,4-5,10-11,16H2,(H,25,27)(H3,24,26,28)/t21-/m1/s1. The van der Waals surface area contributed by atoms with Gasteiger partial charge in [-0.05, 0) is 42.7 Å². The lowest BCUT2D eigenvalue weighted by Crippen LogP contribution is -2.39. The molecule has 29 heavy (non-hydrogen) atoms. The van der Waals surface area contributed by atoms with E-state index in [0.29, 0.717) is 5.75 Å². The number of benzene rings is 2. The zero-order valence-electron chi connectivity index (χ0n) is 16.6. The Hall–Kier alpha value is -3.02. The van der Waals surface area contributed by atoms with Gasteiger partial charge in [-0.25, -0.2) is 4.79 Å².